The number of nitrogens with two attached hydrogens (primary N) is 1. The molecule has 0 fully saturated rings. The first-order valence-corrected chi connectivity index (χ1v) is 7.67. The normalized spacial score (nSPS) is 11.0. The number of halogens is 1. The molecule has 8 nitrogen and oxygen atoms in total. The van der Waals surface area contributed by atoms with Crippen molar-refractivity contribution in [1.29, 1.82) is 0 Å². The molecule has 0 aliphatic carbocycles. The SMILES string of the molecule is COc1cc(C=Nn2nnnc2N)ccc1OCc1ccc(Cl)cc1. The zero-order chi connectivity index (χ0) is 17.6. The highest BCUT2D eigenvalue weighted by Crippen LogP contribution is 2.28. The van der Waals surface area contributed by atoms with E-state index in [0.717, 1.165) is 15.9 Å². The van der Waals surface area contributed by atoms with Crippen LogP contribution in [0, 0.1) is 0 Å². The van der Waals surface area contributed by atoms with E-state index in [1.54, 1.807) is 25.5 Å². The highest BCUT2D eigenvalue weighted by molar-refractivity contribution is 6.30. The fourth-order valence-corrected chi connectivity index (χ4v) is 2.14. The minimum absolute atomic E-state index is 0.103. The van der Waals surface area contributed by atoms with Crippen molar-refractivity contribution in [2.24, 2.45) is 5.10 Å². The lowest BCUT2D eigenvalue weighted by molar-refractivity contribution is 0.284. The number of ether oxygens (including phenoxy) is 2. The molecule has 2 aromatic carbocycles. The Morgan fingerprint density at radius 2 is 2.00 bits per heavy atom. The van der Waals surface area contributed by atoms with Crippen LogP contribution in [0.4, 0.5) is 5.95 Å². The molecule has 9 heteroatoms. The number of hydrogen-bond donors (Lipinski definition) is 1. The van der Waals surface area contributed by atoms with Gasteiger partial charge in [-0.2, -0.15) is 5.10 Å². The van der Waals surface area contributed by atoms with Crippen LogP contribution in [0.5, 0.6) is 11.5 Å². The zero-order valence-electron chi connectivity index (χ0n) is 13.3. The molecule has 3 rings (SSSR count). The molecule has 0 amide bonds. The lowest BCUT2D eigenvalue weighted by Gasteiger charge is -2.11. The van der Waals surface area contributed by atoms with Gasteiger partial charge in [0, 0.05) is 5.02 Å². The van der Waals surface area contributed by atoms with Crippen molar-refractivity contribution in [3.05, 3.63) is 58.6 Å². The van der Waals surface area contributed by atoms with Crippen molar-refractivity contribution in [3.63, 3.8) is 0 Å². The summed E-state index contributed by atoms with van der Waals surface area (Å²) in [4.78, 5) is 1.12. The average molecular weight is 359 g/mol. The van der Waals surface area contributed by atoms with E-state index in [4.69, 9.17) is 26.8 Å². The van der Waals surface area contributed by atoms with Crippen LogP contribution in [-0.2, 0) is 6.61 Å². The number of tetrazole rings is 1. The van der Waals surface area contributed by atoms with Crippen molar-refractivity contribution >= 4 is 23.8 Å². The van der Waals surface area contributed by atoms with Crippen molar-refractivity contribution in [3.8, 4) is 11.5 Å². The number of aromatic nitrogens is 4. The molecule has 0 radical (unpaired) electrons. The van der Waals surface area contributed by atoms with Crippen LogP contribution in [0.2, 0.25) is 5.02 Å². The fraction of sp³-hybridized carbons (Fsp3) is 0.125. The van der Waals surface area contributed by atoms with Crippen LogP contribution < -0.4 is 15.2 Å². The summed E-state index contributed by atoms with van der Waals surface area (Å²) in [6.45, 7) is 0.405. The minimum atomic E-state index is 0.103. The van der Waals surface area contributed by atoms with Crippen LogP contribution in [-0.4, -0.2) is 33.6 Å². The molecule has 0 aliphatic rings. The fourth-order valence-electron chi connectivity index (χ4n) is 2.02. The molecule has 1 aromatic heterocycles. The lowest BCUT2D eigenvalue weighted by Crippen LogP contribution is -2.00. The monoisotopic (exact) mass is 358 g/mol. The molecule has 0 bridgehead atoms. The Kier molecular flexibility index (Phi) is 5.10. The summed E-state index contributed by atoms with van der Waals surface area (Å²) >= 11 is 5.88. The Labute approximate surface area is 148 Å². The third kappa shape index (κ3) is 4.24. The Balaban J connectivity index is 1.72. The summed E-state index contributed by atoms with van der Waals surface area (Å²) in [5.41, 5.74) is 7.34. The van der Waals surface area contributed by atoms with Gasteiger partial charge in [-0.25, -0.2) is 0 Å². The summed E-state index contributed by atoms with van der Waals surface area (Å²) in [5.74, 6) is 1.31. The number of benzene rings is 2. The van der Waals surface area contributed by atoms with Crippen molar-refractivity contribution < 1.29 is 9.47 Å². The highest BCUT2D eigenvalue weighted by Gasteiger charge is 2.06. The Bertz CT molecular complexity index is 879. The molecular formula is C16H15ClN6O2. The number of nitrogen functional groups attached to an aromatic ring is 1. The molecule has 1 heterocycles. The number of nitrogens with zero attached hydrogens (tertiary/aromatic N) is 5. The zero-order valence-corrected chi connectivity index (χ0v) is 14.1. The highest BCUT2D eigenvalue weighted by atomic mass is 35.5. The molecule has 3 aromatic rings. The smallest absolute Gasteiger partial charge is 0.263 e. The largest absolute Gasteiger partial charge is 0.493 e. The van der Waals surface area contributed by atoms with Gasteiger partial charge in [-0.05, 0) is 51.9 Å². The van der Waals surface area contributed by atoms with Gasteiger partial charge in [-0.3, -0.25) is 0 Å². The van der Waals surface area contributed by atoms with Gasteiger partial charge in [0.15, 0.2) is 11.5 Å². The third-order valence-electron chi connectivity index (χ3n) is 3.29. The molecule has 0 atom stereocenters. The first-order valence-electron chi connectivity index (χ1n) is 7.29. The number of anilines is 1. The van der Waals surface area contributed by atoms with E-state index < -0.39 is 0 Å². The summed E-state index contributed by atoms with van der Waals surface area (Å²) in [7, 11) is 1.57. The van der Waals surface area contributed by atoms with Crippen LogP contribution in [0.3, 0.4) is 0 Å². The maximum Gasteiger partial charge on any atom is 0.263 e. The maximum absolute atomic E-state index is 5.88. The molecular weight excluding hydrogens is 344 g/mol. The molecule has 0 saturated carbocycles. The van der Waals surface area contributed by atoms with E-state index in [0.29, 0.717) is 23.1 Å². The first kappa shape index (κ1) is 16.7. The first-order chi connectivity index (χ1) is 12.2. The second-order valence-electron chi connectivity index (χ2n) is 5.00. The van der Waals surface area contributed by atoms with Gasteiger partial charge in [-0.15, -0.1) is 0 Å². The molecule has 25 heavy (non-hydrogen) atoms. The standard InChI is InChI=1S/C16H15ClN6O2/c1-24-15-8-12(9-19-23-16(18)20-21-22-23)4-7-14(15)25-10-11-2-5-13(17)6-3-11/h2-9H,10H2,1H3,(H2,18,20,22). The van der Waals surface area contributed by atoms with Crippen LogP contribution >= 0.6 is 11.6 Å². The summed E-state index contributed by atoms with van der Waals surface area (Å²) in [6.07, 6.45) is 1.57. The predicted octanol–water partition coefficient (Wildman–Crippen LogP) is 2.38. The van der Waals surface area contributed by atoms with Crippen LogP contribution in [0.15, 0.2) is 47.6 Å². The molecule has 2 N–H and O–H groups in total. The summed E-state index contributed by atoms with van der Waals surface area (Å²) < 4.78 is 11.2. The van der Waals surface area contributed by atoms with Crippen LogP contribution in [0.25, 0.3) is 0 Å². The summed E-state index contributed by atoms with van der Waals surface area (Å²) in [6, 6.07) is 12.9. The van der Waals surface area contributed by atoms with Gasteiger partial charge in [-0.1, -0.05) is 33.6 Å². The van der Waals surface area contributed by atoms with E-state index in [-0.39, 0.29) is 5.95 Å². The van der Waals surface area contributed by atoms with Crippen molar-refractivity contribution in [2.75, 3.05) is 12.8 Å². The van der Waals surface area contributed by atoms with E-state index in [9.17, 15) is 0 Å². The number of hydrogen-bond acceptors (Lipinski definition) is 7. The van der Waals surface area contributed by atoms with Crippen molar-refractivity contribution in [1.82, 2.24) is 20.3 Å². The molecule has 0 unspecified atom stereocenters. The van der Waals surface area contributed by atoms with E-state index >= 15 is 0 Å². The summed E-state index contributed by atoms with van der Waals surface area (Å²) in [5, 5.41) is 15.3. The quantitative estimate of drug-likeness (QED) is 0.679. The van der Waals surface area contributed by atoms with Crippen LogP contribution in [0.1, 0.15) is 11.1 Å². The van der Waals surface area contributed by atoms with Gasteiger partial charge < -0.3 is 15.2 Å². The molecule has 0 spiro atoms. The van der Waals surface area contributed by atoms with Gasteiger partial charge in [0.1, 0.15) is 6.61 Å². The van der Waals surface area contributed by atoms with Crippen molar-refractivity contribution in [2.45, 2.75) is 6.61 Å². The Morgan fingerprint density at radius 1 is 1.20 bits per heavy atom. The van der Waals surface area contributed by atoms with Gasteiger partial charge in [0.2, 0.25) is 0 Å². The number of rotatable bonds is 6. The Hall–Kier alpha value is -3.13. The minimum Gasteiger partial charge on any atom is -0.493 e. The third-order valence-corrected chi connectivity index (χ3v) is 3.54. The van der Waals surface area contributed by atoms with E-state index in [1.807, 2.05) is 30.3 Å². The number of methoxy groups -OCH3 is 1. The lowest BCUT2D eigenvalue weighted by atomic mass is 10.2. The van der Waals surface area contributed by atoms with E-state index in [2.05, 4.69) is 20.6 Å². The second-order valence-corrected chi connectivity index (χ2v) is 5.43. The molecule has 128 valence electrons. The second kappa shape index (κ2) is 7.63. The maximum atomic E-state index is 5.88. The molecule has 0 aliphatic heterocycles. The molecule has 0 saturated heterocycles. The van der Waals surface area contributed by atoms with Gasteiger partial charge in [0.25, 0.3) is 5.95 Å². The average Bonchev–Trinajstić information content (AvgIpc) is 3.04. The topological polar surface area (TPSA) is 100 Å². The van der Waals surface area contributed by atoms with Gasteiger partial charge >= 0.3 is 0 Å². The Morgan fingerprint density at radius 3 is 2.68 bits per heavy atom. The predicted molar refractivity (Wildman–Crippen MR) is 94.0 cm³/mol. The van der Waals surface area contributed by atoms with E-state index in [1.165, 1.54) is 0 Å². The van der Waals surface area contributed by atoms with Gasteiger partial charge in [0.05, 0.1) is 13.3 Å².